The summed E-state index contributed by atoms with van der Waals surface area (Å²) in [4.78, 5) is 28.8. The van der Waals surface area contributed by atoms with Crippen LogP contribution in [0.4, 0.5) is 31.9 Å². The molecule has 0 bridgehead atoms. The first-order valence-electron chi connectivity index (χ1n) is 13.4. The maximum absolute atomic E-state index is 13.7. The zero-order valence-corrected chi connectivity index (χ0v) is 24.4. The Kier molecular flexibility index (Phi) is 10.6. The molecule has 42 heavy (non-hydrogen) atoms. The van der Waals surface area contributed by atoms with Crippen molar-refractivity contribution >= 4 is 40.8 Å². The lowest BCUT2D eigenvalue weighted by molar-refractivity contribution is 0.163. The van der Waals surface area contributed by atoms with Gasteiger partial charge in [-0.3, -0.25) is 4.57 Å². The summed E-state index contributed by atoms with van der Waals surface area (Å²) in [5, 5.41) is 5.88. The van der Waals surface area contributed by atoms with Crippen LogP contribution in [-0.2, 0) is 14.6 Å². The van der Waals surface area contributed by atoms with E-state index < -0.39 is 29.3 Å². The Hall–Kier alpha value is -3.04. The molecule has 1 aliphatic heterocycles. The van der Waals surface area contributed by atoms with Crippen LogP contribution in [0.3, 0.4) is 0 Å². The second-order valence-electron chi connectivity index (χ2n) is 9.89. The van der Waals surface area contributed by atoms with Gasteiger partial charge in [0, 0.05) is 42.8 Å². The summed E-state index contributed by atoms with van der Waals surface area (Å²) in [6.07, 6.45) is 2.81. The maximum Gasteiger partial charge on any atom is 0.326 e. The molecule has 2 heterocycles. The summed E-state index contributed by atoms with van der Waals surface area (Å²) in [5.74, 6) is -1.41. The van der Waals surface area contributed by atoms with Gasteiger partial charge in [-0.05, 0) is 81.4 Å². The minimum atomic E-state index is -4.10. The van der Waals surface area contributed by atoms with Gasteiger partial charge in [-0.25, -0.2) is 22.2 Å². The van der Waals surface area contributed by atoms with Crippen molar-refractivity contribution in [2.45, 2.75) is 30.2 Å². The van der Waals surface area contributed by atoms with E-state index in [-0.39, 0.29) is 36.1 Å². The predicted molar refractivity (Wildman–Crippen MR) is 155 cm³/mol. The first-order chi connectivity index (χ1) is 19.9. The fourth-order valence-electron chi connectivity index (χ4n) is 4.63. The van der Waals surface area contributed by atoms with Gasteiger partial charge in [0.25, 0.3) is 0 Å². The number of hydrogen-bond donors (Lipinski definition) is 5. The van der Waals surface area contributed by atoms with Crippen LogP contribution in [0.2, 0.25) is 0 Å². The molecule has 0 atom stereocenters. The number of hydrogen-bond acceptors (Lipinski definition) is 9. The molecule has 16 heteroatoms. The number of likely N-dealkylation sites (tertiary alicyclic amines) is 1. The molecule has 12 nitrogen and oxygen atoms in total. The molecule has 1 aromatic heterocycles. The van der Waals surface area contributed by atoms with Crippen molar-refractivity contribution in [3.8, 4) is 0 Å². The Morgan fingerprint density at radius 1 is 1.02 bits per heavy atom. The minimum Gasteiger partial charge on any atom is -0.340 e. The number of rotatable bonds is 13. The largest absolute Gasteiger partial charge is 0.340 e. The molecule has 1 fully saturated rings. The molecule has 0 aliphatic carbocycles. The number of piperidine rings is 1. The van der Waals surface area contributed by atoms with Gasteiger partial charge in [-0.15, -0.1) is 0 Å². The third-order valence-electron chi connectivity index (χ3n) is 6.82. The molecule has 0 spiro atoms. The highest BCUT2D eigenvalue weighted by Crippen LogP contribution is 2.34. The topological polar surface area (TPSA) is 174 Å². The monoisotopic (exact) mass is 625 g/mol. The zero-order chi connectivity index (χ0) is 30.3. The van der Waals surface area contributed by atoms with E-state index in [1.807, 2.05) is 4.90 Å². The number of sulfonamides is 1. The van der Waals surface area contributed by atoms with Gasteiger partial charge in [0.15, 0.2) is 11.6 Å². The van der Waals surface area contributed by atoms with E-state index in [2.05, 4.69) is 20.6 Å². The number of benzene rings is 2. The summed E-state index contributed by atoms with van der Waals surface area (Å²) < 4.78 is 66.8. The number of halogens is 2. The number of aromatic nitrogens is 2. The van der Waals surface area contributed by atoms with Crippen LogP contribution >= 0.6 is 7.60 Å². The highest BCUT2D eigenvalue weighted by Gasteiger charge is 2.33. The molecule has 0 saturated carbocycles. The number of nitrogens with zero attached hydrogens (tertiary/aromatic N) is 4. The van der Waals surface area contributed by atoms with Crippen molar-refractivity contribution in [3.63, 3.8) is 0 Å². The van der Waals surface area contributed by atoms with E-state index in [1.54, 1.807) is 18.2 Å². The van der Waals surface area contributed by atoms with Crippen molar-refractivity contribution in [2.75, 3.05) is 49.5 Å². The highest BCUT2D eigenvalue weighted by molar-refractivity contribution is 7.89. The Bertz CT molecular complexity index is 1500. The number of anilines is 4. The number of nitrogens with one attached hydrogen (secondary N) is 2. The van der Waals surface area contributed by atoms with E-state index in [0.717, 1.165) is 12.1 Å². The van der Waals surface area contributed by atoms with Gasteiger partial charge in [-0.1, -0.05) is 0 Å². The smallest absolute Gasteiger partial charge is 0.326 e. The molecule has 0 unspecified atom stereocenters. The fraction of sp³-hybridized carbons (Fsp3) is 0.385. The van der Waals surface area contributed by atoms with Gasteiger partial charge in [0.1, 0.15) is 5.82 Å². The van der Waals surface area contributed by atoms with E-state index in [1.165, 1.54) is 28.7 Å². The highest BCUT2D eigenvalue weighted by atomic mass is 32.2. The quantitative estimate of drug-likeness (QED) is 0.177. The van der Waals surface area contributed by atoms with Crippen molar-refractivity contribution < 1.29 is 31.6 Å². The third kappa shape index (κ3) is 8.74. The maximum atomic E-state index is 13.7. The van der Waals surface area contributed by atoms with Crippen LogP contribution in [0.1, 0.15) is 19.3 Å². The minimum absolute atomic E-state index is 0.115. The lowest BCUT2D eigenvalue weighted by atomic mass is 10.1. The molecule has 0 radical (unpaired) electrons. The Labute approximate surface area is 243 Å². The van der Waals surface area contributed by atoms with Crippen LogP contribution in [0.15, 0.2) is 59.6 Å². The average Bonchev–Trinajstić information content (AvgIpc) is 2.95. The normalized spacial score (nSPS) is 15.2. The van der Waals surface area contributed by atoms with Crippen LogP contribution in [0, 0.1) is 11.6 Å². The van der Waals surface area contributed by atoms with Crippen molar-refractivity contribution in [3.05, 3.63) is 66.4 Å². The Morgan fingerprint density at radius 2 is 1.71 bits per heavy atom. The van der Waals surface area contributed by atoms with Crippen LogP contribution in [0.25, 0.3) is 0 Å². The third-order valence-corrected chi connectivity index (χ3v) is 9.57. The standard InChI is InChI=1S/C26H34F2N7O5PS/c27-23-7-4-20(18-24(23)28)31-25-8-12-30-26(33-25)32-19-2-5-22(6-3-19)42(39,40)35(13-1-11-29)21-9-14-34(15-10-21)16-17-41(36,37)38/h2-8,12,18,21H,1,9-11,13-17,29H2,(H2,36,37,38)(H2,30,31,32,33). The van der Waals surface area contributed by atoms with E-state index >= 15 is 0 Å². The second-order valence-corrected chi connectivity index (χ2v) is 13.6. The molecule has 4 rings (SSSR count). The molecule has 2 aromatic carbocycles. The first kappa shape index (κ1) is 31.9. The second kappa shape index (κ2) is 14.0. The molecule has 1 aliphatic rings. The SMILES string of the molecule is NCCCN(C1CCN(CCP(=O)(O)O)CC1)S(=O)(=O)c1ccc(Nc2nccc(Nc3ccc(F)c(F)c3)n2)cc1. The number of nitrogens with two attached hydrogens (primary N) is 1. The molecule has 6 N–H and O–H groups in total. The summed E-state index contributed by atoms with van der Waals surface area (Å²) in [5.41, 5.74) is 6.53. The molecule has 228 valence electrons. The van der Waals surface area contributed by atoms with Crippen molar-refractivity contribution in [2.24, 2.45) is 5.73 Å². The molecular weight excluding hydrogens is 591 g/mol. The summed E-state index contributed by atoms with van der Waals surface area (Å²) in [6.45, 7) is 1.92. The molecule has 1 saturated heterocycles. The van der Waals surface area contributed by atoms with Gasteiger partial charge >= 0.3 is 7.60 Å². The van der Waals surface area contributed by atoms with Gasteiger partial charge in [0.05, 0.1) is 11.1 Å². The Morgan fingerprint density at radius 3 is 2.36 bits per heavy atom. The summed E-state index contributed by atoms with van der Waals surface area (Å²) in [7, 11) is -7.95. The van der Waals surface area contributed by atoms with E-state index in [0.29, 0.717) is 56.1 Å². The van der Waals surface area contributed by atoms with E-state index in [9.17, 15) is 21.8 Å². The van der Waals surface area contributed by atoms with Gasteiger partial charge in [-0.2, -0.15) is 9.29 Å². The predicted octanol–water partition coefficient (Wildman–Crippen LogP) is 3.22. The molecule has 0 amide bonds. The zero-order valence-electron chi connectivity index (χ0n) is 22.7. The fourth-order valence-corrected chi connectivity index (χ4v) is 6.90. The molecule has 3 aromatic rings. The Balaban J connectivity index is 1.42. The van der Waals surface area contributed by atoms with Crippen molar-refractivity contribution in [1.82, 2.24) is 19.2 Å². The lowest BCUT2D eigenvalue weighted by Gasteiger charge is -2.38. The van der Waals surface area contributed by atoms with Gasteiger partial charge < -0.3 is 31.1 Å². The molecular formula is C26H34F2N7O5PS. The lowest BCUT2D eigenvalue weighted by Crippen LogP contribution is -2.48. The van der Waals surface area contributed by atoms with Gasteiger partial charge in [0.2, 0.25) is 16.0 Å². The summed E-state index contributed by atoms with van der Waals surface area (Å²) >= 11 is 0. The average molecular weight is 626 g/mol. The van der Waals surface area contributed by atoms with E-state index in [4.69, 9.17) is 15.5 Å². The van der Waals surface area contributed by atoms with Crippen LogP contribution < -0.4 is 16.4 Å². The summed E-state index contributed by atoms with van der Waals surface area (Å²) in [6, 6.07) is 10.9. The van der Waals surface area contributed by atoms with Crippen LogP contribution in [0.5, 0.6) is 0 Å². The van der Waals surface area contributed by atoms with Crippen molar-refractivity contribution in [1.29, 1.82) is 0 Å². The first-order valence-corrected chi connectivity index (χ1v) is 16.6. The van der Waals surface area contributed by atoms with Crippen LogP contribution in [-0.4, -0.2) is 82.3 Å².